The van der Waals surface area contributed by atoms with Crippen LogP contribution in [0.15, 0.2) is 52.5 Å². The van der Waals surface area contributed by atoms with Crippen LogP contribution in [-0.2, 0) is 42.9 Å². The van der Waals surface area contributed by atoms with E-state index < -0.39 is 77.8 Å². The molecule has 1 aromatic carbocycles. The van der Waals surface area contributed by atoms with E-state index in [9.17, 15) is 29.4 Å². The Labute approximate surface area is 385 Å². The van der Waals surface area contributed by atoms with Gasteiger partial charge in [-0.15, -0.1) is 11.8 Å². The zero-order chi connectivity index (χ0) is 46.9. The van der Waals surface area contributed by atoms with Crippen LogP contribution in [0.3, 0.4) is 0 Å². The van der Waals surface area contributed by atoms with E-state index in [0.29, 0.717) is 44.1 Å². The number of rotatable bonds is 9. The van der Waals surface area contributed by atoms with Crippen LogP contribution >= 0.6 is 11.8 Å². The fourth-order valence-corrected chi connectivity index (χ4v) is 10.7. The Hall–Kier alpha value is -3.11. The highest BCUT2D eigenvalue weighted by Gasteiger charge is 2.56. The Balaban J connectivity index is 1.48. The average Bonchev–Trinajstić information content (AvgIpc) is 3.29. The first kappa shape index (κ1) is 51.9. The molecule has 358 valence electrons. The van der Waals surface area contributed by atoms with Gasteiger partial charge < -0.3 is 43.5 Å². The smallest absolute Gasteiger partial charge is 0.329 e. The molecule has 3 heterocycles. The minimum Gasteiger partial charge on any atom is -0.488 e. The molecule has 1 amide bonds. The van der Waals surface area contributed by atoms with Crippen LogP contribution in [0.2, 0.25) is 0 Å². The SMILES string of the molecule is CCC1/C=C(\C)CC(C)CC(OC)C2OC(O)(C(=O)C(=O)N3CCCCC3C(=O)OC(C(C)=CC3CCC(Oc4ccc(SC)cc4)C(OC)C3)C(C)C(O)CC1=O)C(C)CC2OC. The van der Waals surface area contributed by atoms with Crippen LogP contribution in [0.25, 0.3) is 0 Å². The summed E-state index contributed by atoms with van der Waals surface area (Å²) in [7, 11) is 4.76. The van der Waals surface area contributed by atoms with Crippen molar-refractivity contribution in [2.24, 2.45) is 29.6 Å². The normalized spacial score (nSPS) is 37.8. The lowest BCUT2D eigenvalue weighted by Crippen LogP contribution is -2.64. The summed E-state index contributed by atoms with van der Waals surface area (Å²) in [5.74, 6) is -6.66. The number of aliphatic hydroxyl groups is 2. The molecule has 2 N–H and O–H groups in total. The van der Waals surface area contributed by atoms with E-state index in [1.807, 2.05) is 57.4 Å². The highest BCUT2D eigenvalue weighted by molar-refractivity contribution is 7.98. The number of amides is 1. The number of ether oxygens (including phenoxy) is 6. The van der Waals surface area contributed by atoms with Gasteiger partial charge in [0.2, 0.25) is 5.79 Å². The van der Waals surface area contributed by atoms with Gasteiger partial charge in [-0.2, -0.15) is 0 Å². The summed E-state index contributed by atoms with van der Waals surface area (Å²) >= 11 is 1.67. The van der Waals surface area contributed by atoms with Crippen LogP contribution in [-0.4, -0.2) is 127 Å². The fraction of sp³-hybridized carbons (Fsp3) is 0.720. The molecule has 1 saturated carbocycles. The minimum atomic E-state index is -2.50. The monoisotopic (exact) mass is 914 g/mol. The summed E-state index contributed by atoms with van der Waals surface area (Å²) < 4.78 is 36.8. The number of methoxy groups -OCH3 is 3. The van der Waals surface area contributed by atoms with Gasteiger partial charge in [0.05, 0.1) is 24.4 Å². The molecule has 14 atom stereocenters. The van der Waals surface area contributed by atoms with Crippen molar-refractivity contribution in [2.45, 2.75) is 172 Å². The highest BCUT2D eigenvalue weighted by atomic mass is 32.2. The van der Waals surface area contributed by atoms with E-state index in [1.54, 1.807) is 39.8 Å². The van der Waals surface area contributed by atoms with Crippen molar-refractivity contribution in [3.63, 3.8) is 0 Å². The van der Waals surface area contributed by atoms with E-state index >= 15 is 0 Å². The maximum absolute atomic E-state index is 14.5. The molecule has 64 heavy (non-hydrogen) atoms. The van der Waals surface area contributed by atoms with Gasteiger partial charge in [-0.3, -0.25) is 14.4 Å². The lowest BCUT2D eigenvalue weighted by molar-refractivity contribution is -0.302. The maximum atomic E-state index is 14.5. The van der Waals surface area contributed by atoms with E-state index in [4.69, 9.17) is 28.4 Å². The minimum absolute atomic E-state index is 0.0290. The predicted octanol–water partition coefficient (Wildman–Crippen LogP) is 7.28. The molecule has 2 saturated heterocycles. The van der Waals surface area contributed by atoms with E-state index in [0.717, 1.165) is 29.1 Å². The highest BCUT2D eigenvalue weighted by Crippen LogP contribution is 2.40. The molecule has 3 aliphatic heterocycles. The zero-order valence-corrected chi connectivity index (χ0v) is 40.6. The van der Waals surface area contributed by atoms with Crippen molar-refractivity contribution < 1.29 is 57.8 Å². The van der Waals surface area contributed by atoms with Gasteiger partial charge in [-0.1, -0.05) is 45.4 Å². The quantitative estimate of drug-likeness (QED) is 0.110. The third-order valence-electron chi connectivity index (χ3n) is 14.2. The summed E-state index contributed by atoms with van der Waals surface area (Å²) in [5.41, 5.74) is 1.70. The van der Waals surface area contributed by atoms with Crippen LogP contribution in [0, 0.1) is 29.6 Å². The van der Waals surface area contributed by atoms with Crippen molar-refractivity contribution in [1.29, 1.82) is 0 Å². The molecule has 0 spiro atoms. The number of cyclic esters (lactones) is 1. The first-order valence-electron chi connectivity index (χ1n) is 23.4. The number of allylic oxidation sites excluding steroid dienone is 3. The van der Waals surface area contributed by atoms with Gasteiger partial charge in [-0.25, -0.2) is 4.79 Å². The van der Waals surface area contributed by atoms with Crippen molar-refractivity contribution in [3.8, 4) is 5.75 Å². The summed E-state index contributed by atoms with van der Waals surface area (Å²) in [5, 5.41) is 23.9. The number of carbonyl (C=O) groups is 4. The van der Waals surface area contributed by atoms with Crippen LogP contribution < -0.4 is 4.74 Å². The number of esters is 1. The summed E-state index contributed by atoms with van der Waals surface area (Å²) in [4.78, 5) is 59.5. The van der Waals surface area contributed by atoms with Crippen LogP contribution in [0.1, 0.15) is 112 Å². The third kappa shape index (κ3) is 12.5. The van der Waals surface area contributed by atoms with Gasteiger partial charge in [0.15, 0.2) is 0 Å². The largest absolute Gasteiger partial charge is 0.488 e. The Kier molecular flexibility index (Phi) is 19.1. The molecule has 5 rings (SSSR count). The molecular weight excluding hydrogens is 839 g/mol. The molecule has 1 aromatic rings. The Morgan fingerprint density at radius 1 is 0.906 bits per heavy atom. The van der Waals surface area contributed by atoms with Gasteiger partial charge in [0.25, 0.3) is 11.7 Å². The Morgan fingerprint density at radius 3 is 2.22 bits per heavy atom. The number of hydrogen-bond acceptors (Lipinski definition) is 13. The number of Topliss-reactive ketones (excluding diaryl/α,β-unsaturated/α-hetero) is 2. The number of nitrogens with zero attached hydrogens (tertiary/aromatic N) is 1. The van der Waals surface area contributed by atoms with Crippen molar-refractivity contribution in [1.82, 2.24) is 4.90 Å². The molecule has 0 aromatic heterocycles. The van der Waals surface area contributed by atoms with E-state index in [1.165, 1.54) is 12.0 Å². The summed E-state index contributed by atoms with van der Waals surface area (Å²) in [6, 6.07) is 6.87. The first-order chi connectivity index (χ1) is 30.5. The molecule has 3 fully saturated rings. The molecule has 2 bridgehead atoms. The third-order valence-corrected chi connectivity index (χ3v) is 15.0. The number of ketones is 2. The molecule has 0 radical (unpaired) electrons. The van der Waals surface area contributed by atoms with Gasteiger partial charge in [-0.05, 0) is 126 Å². The molecule has 14 unspecified atom stereocenters. The lowest BCUT2D eigenvalue weighted by Gasteiger charge is -2.47. The second kappa shape index (κ2) is 23.6. The lowest BCUT2D eigenvalue weighted by atomic mass is 9.81. The topological polar surface area (TPSA) is 167 Å². The number of thioether (sulfide) groups is 1. The molecular formula is C50H75NO12S. The maximum Gasteiger partial charge on any atom is 0.329 e. The number of fused-ring (bicyclic) bond motifs is 3. The fourth-order valence-electron chi connectivity index (χ4n) is 10.3. The standard InChI is InChI=1S/C50H75NO12S/c1-11-35-23-29(2)22-30(3)24-43(59-8)46-44(60-9)26-32(5)50(57,63-46)47(54)48(55)51-21-13-12-14-38(51)49(56)62-45(33(6)39(52)28-40(35)53)31(4)25-34-15-20-41(42(27-34)58-7)61-36-16-18-37(64-10)19-17-36/h16-19,23,25,30,32-35,38-39,41-46,52,57H,11-15,20-22,24,26-28H2,1-10H3/b29-23+,31-25?. The second-order valence-corrected chi connectivity index (χ2v) is 19.8. The number of aliphatic hydroxyl groups excluding tert-OH is 1. The van der Waals surface area contributed by atoms with Crippen molar-refractivity contribution >= 4 is 35.2 Å². The van der Waals surface area contributed by atoms with Crippen molar-refractivity contribution in [3.05, 3.63) is 47.6 Å². The van der Waals surface area contributed by atoms with Gasteiger partial charge in [0.1, 0.15) is 35.9 Å². The van der Waals surface area contributed by atoms with E-state index in [2.05, 4.69) is 13.0 Å². The number of piperidine rings is 1. The average molecular weight is 914 g/mol. The molecule has 14 heteroatoms. The van der Waals surface area contributed by atoms with Crippen LogP contribution in [0.5, 0.6) is 5.75 Å². The Bertz CT molecular complexity index is 1800. The Morgan fingerprint density at radius 2 is 1.58 bits per heavy atom. The van der Waals surface area contributed by atoms with Gasteiger partial charge >= 0.3 is 5.97 Å². The van der Waals surface area contributed by atoms with Crippen molar-refractivity contribution in [2.75, 3.05) is 34.1 Å². The van der Waals surface area contributed by atoms with Crippen LogP contribution in [0.4, 0.5) is 0 Å². The number of carbonyl (C=O) groups excluding carboxylic acids is 4. The second-order valence-electron chi connectivity index (χ2n) is 18.9. The first-order valence-corrected chi connectivity index (χ1v) is 24.6. The van der Waals surface area contributed by atoms with E-state index in [-0.39, 0.29) is 55.6 Å². The van der Waals surface area contributed by atoms with Gasteiger partial charge in [0, 0.05) is 56.9 Å². The number of benzene rings is 1. The molecule has 13 nitrogen and oxygen atoms in total. The predicted molar refractivity (Wildman–Crippen MR) is 245 cm³/mol. The number of hydrogen-bond donors (Lipinski definition) is 2. The zero-order valence-electron chi connectivity index (χ0n) is 39.8. The molecule has 4 aliphatic rings. The summed E-state index contributed by atoms with van der Waals surface area (Å²) in [6.45, 7) is 11.4. The summed E-state index contributed by atoms with van der Waals surface area (Å²) in [6.07, 6.45) is 6.79. The molecule has 1 aliphatic carbocycles.